The second kappa shape index (κ2) is 5.61. The Labute approximate surface area is 131 Å². The van der Waals surface area contributed by atoms with E-state index in [1.807, 2.05) is 26.8 Å². The molecule has 118 valence electrons. The minimum atomic E-state index is -3.53. The third kappa shape index (κ3) is 2.51. The van der Waals surface area contributed by atoms with Crippen molar-refractivity contribution < 1.29 is 8.42 Å². The zero-order chi connectivity index (χ0) is 15.9. The summed E-state index contributed by atoms with van der Waals surface area (Å²) in [6, 6.07) is 5.48. The topological polar surface area (TPSA) is 62.3 Å². The van der Waals surface area contributed by atoms with Gasteiger partial charge < -0.3 is 5.32 Å². The first-order valence-electron chi connectivity index (χ1n) is 7.50. The summed E-state index contributed by atoms with van der Waals surface area (Å²) < 4.78 is 28.0. The third-order valence-electron chi connectivity index (χ3n) is 4.23. The lowest BCUT2D eigenvalue weighted by molar-refractivity contribution is 0.245. The van der Waals surface area contributed by atoms with Crippen molar-refractivity contribution in [1.29, 1.82) is 0 Å². The molecule has 0 aliphatic carbocycles. The monoisotopic (exact) mass is 319 g/mol. The molecule has 1 aromatic heterocycles. The second-order valence-corrected chi connectivity index (χ2v) is 7.90. The second-order valence-electron chi connectivity index (χ2n) is 6.04. The van der Waals surface area contributed by atoms with Crippen LogP contribution in [0.25, 0.3) is 10.8 Å². The van der Waals surface area contributed by atoms with Crippen LogP contribution in [-0.4, -0.2) is 42.9 Å². The first-order valence-corrected chi connectivity index (χ1v) is 8.94. The largest absolute Gasteiger partial charge is 0.311 e. The molecule has 1 aliphatic rings. The van der Waals surface area contributed by atoms with Crippen LogP contribution in [0.2, 0.25) is 0 Å². The van der Waals surface area contributed by atoms with Crippen LogP contribution in [0.5, 0.6) is 0 Å². The molecule has 1 aromatic carbocycles. The summed E-state index contributed by atoms with van der Waals surface area (Å²) in [6.07, 6.45) is 3.43. The van der Waals surface area contributed by atoms with Gasteiger partial charge in [-0.2, -0.15) is 4.31 Å². The Morgan fingerprint density at radius 2 is 2.05 bits per heavy atom. The number of piperazine rings is 1. The summed E-state index contributed by atoms with van der Waals surface area (Å²) in [7, 11) is -3.53. The maximum absolute atomic E-state index is 13.2. The Kier molecular flexibility index (Phi) is 3.92. The predicted octanol–water partition coefficient (Wildman–Crippen LogP) is 1.91. The van der Waals surface area contributed by atoms with Gasteiger partial charge in [0.2, 0.25) is 10.0 Å². The standard InChI is InChI=1S/C16H21N3O2S/c1-11-7-17-9-14-5-4-6-15(16(11)14)22(20,21)19-10-12(2)18-8-13(19)3/h4-7,9,12-13,18H,8,10H2,1-3H3/t12-,13-/m1/s1. The van der Waals surface area contributed by atoms with E-state index in [4.69, 9.17) is 0 Å². The molecule has 3 rings (SSSR count). The minimum Gasteiger partial charge on any atom is -0.311 e. The number of pyridine rings is 1. The van der Waals surface area contributed by atoms with Crippen LogP contribution in [-0.2, 0) is 10.0 Å². The molecule has 2 aromatic rings. The molecule has 0 bridgehead atoms. The number of hydrogen-bond acceptors (Lipinski definition) is 4. The van der Waals surface area contributed by atoms with Gasteiger partial charge in [-0.1, -0.05) is 12.1 Å². The van der Waals surface area contributed by atoms with Crippen molar-refractivity contribution in [2.45, 2.75) is 37.8 Å². The van der Waals surface area contributed by atoms with Crippen molar-refractivity contribution >= 4 is 20.8 Å². The molecule has 5 nitrogen and oxygen atoms in total. The van der Waals surface area contributed by atoms with Crippen LogP contribution in [0, 0.1) is 6.92 Å². The Balaban J connectivity index is 2.17. The van der Waals surface area contributed by atoms with Crippen LogP contribution in [0.1, 0.15) is 19.4 Å². The van der Waals surface area contributed by atoms with Gasteiger partial charge in [0.15, 0.2) is 0 Å². The first-order chi connectivity index (χ1) is 10.4. The van der Waals surface area contributed by atoms with Gasteiger partial charge in [0.05, 0.1) is 4.90 Å². The van der Waals surface area contributed by atoms with E-state index in [1.165, 1.54) is 0 Å². The predicted molar refractivity (Wildman–Crippen MR) is 87.3 cm³/mol. The number of sulfonamides is 1. The molecule has 2 heterocycles. The molecule has 6 heteroatoms. The summed E-state index contributed by atoms with van der Waals surface area (Å²) in [5.74, 6) is 0. The molecule has 0 unspecified atom stereocenters. The van der Waals surface area contributed by atoms with Gasteiger partial charge >= 0.3 is 0 Å². The molecule has 1 fully saturated rings. The zero-order valence-electron chi connectivity index (χ0n) is 13.1. The summed E-state index contributed by atoms with van der Waals surface area (Å²) in [5, 5.41) is 4.95. The summed E-state index contributed by atoms with van der Waals surface area (Å²) in [6.45, 7) is 7.01. The fourth-order valence-electron chi connectivity index (χ4n) is 3.04. The van der Waals surface area contributed by atoms with E-state index in [0.717, 1.165) is 16.3 Å². The van der Waals surface area contributed by atoms with Gasteiger partial charge in [0.1, 0.15) is 0 Å². The van der Waals surface area contributed by atoms with Crippen LogP contribution in [0.3, 0.4) is 0 Å². The normalized spacial score (nSPS) is 23.8. The fraction of sp³-hybridized carbons (Fsp3) is 0.438. The smallest absolute Gasteiger partial charge is 0.244 e. The number of benzene rings is 1. The first kappa shape index (κ1) is 15.4. The molecule has 1 saturated heterocycles. The average molecular weight is 319 g/mol. The van der Waals surface area contributed by atoms with Crippen LogP contribution < -0.4 is 5.32 Å². The van der Waals surface area contributed by atoms with Crippen molar-refractivity contribution in [3.63, 3.8) is 0 Å². The van der Waals surface area contributed by atoms with Gasteiger partial charge in [-0.05, 0) is 32.4 Å². The maximum Gasteiger partial charge on any atom is 0.244 e. The van der Waals surface area contributed by atoms with E-state index in [2.05, 4.69) is 10.3 Å². The highest BCUT2D eigenvalue weighted by molar-refractivity contribution is 7.89. The number of aryl methyl sites for hydroxylation is 1. The molecule has 22 heavy (non-hydrogen) atoms. The van der Waals surface area contributed by atoms with Crippen molar-refractivity contribution in [2.24, 2.45) is 0 Å². The molecule has 0 saturated carbocycles. The van der Waals surface area contributed by atoms with Gasteiger partial charge in [-0.15, -0.1) is 0 Å². The van der Waals surface area contributed by atoms with E-state index < -0.39 is 10.0 Å². The van der Waals surface area contributed by atoms with Crippen LogP contribution in [0.4, 0.5) is 0 Å². The molecular weight excluding hydrogens is 298 g/mol. The quantitative estimate of drug-likeness (QED) is 0.918. The highest BCUT2D eigenvalue weighted by Crippen LogP contribution is 2.29. The molecule has 1 N–H and O–H groups in total. The third-order valence-corrected chi connectivity index (χ3v) is 6.25. The van der Waals surface area contributed by atoms with Crippen LogP contribution >= 0.6 is 0 Å². The Hall–Kier alpha value is -1.50. The zero-order valence-corrected chi connectivity index (χ0v) is 13.9. The van der Waals surface area contributed by atoms with Crippen molar-refractivity contribution in [2.75, 3.05) is 13.1 Å². The summed E-state index contributed by atoms with van der Waals surface area (Å²) in [5.41, 5.74) is 0.882. The highest BCUT2D eigenvalue weighted by atomic mass is 32.2. The van der Waals surface area contributed by atoms with E-state index in [1.54, 1.807) is 28.8 Å². The maximum atomic E-state index is 13.2. The van der Waals surface area contributed by atoms with Crippen LogP contribution in [0.15, 0.2) is 35.5 Å². The van der Waals surface area contributed by atoms with E-state index in [9.17, 15) is 8.42 Å². The van der Waals surface area contributed by atoms with Gasteiger partial charge in [0, 0.05) is 48.3 Å². The number of hydrogen-bond donors (Lipinski definition) is 1. The minimum absolute atomic E-state index is 0.0569. The van der Waals surface area contributed by atoms with Crippen molar-refractivity contribution in [1.82, 2.24) is 14.6 Å². The molecular formula is C16H21N3O2S. The number of nitrogens with zero attached hydrogens (tertiary/aromatic N) is 2. The Bertz CT molecular complexity index is 799. The Morgan fingerprint density at radius 3 is 2.82 bits per heavy atom. The SMILES string of the molecule is Cc1cncc2cccc(S(=O)(=O)N3C[C@@H](C)NC[C@H]3C)c12. The lowest BCUT2D eigenvalue weighted by Gasteiger charge is -2.36. The number of nitrogens with one attached hydrogen (secondary N) is 1. The molecule has 0 amide bonds. The lowest BCUT2D eigenvalue weighted by Crippen LogP contribution is -2.56. The van der Waals surface area contributed by atoms with E-state index in [0.29, 0.717) is 18.0 Å². The summed E-state index contributed by atoms with van der Waals surface area (Å²) >= 11 is 0. The molecule has 2 atom stereocenters. The van der Waals surface area contributed by atoms with Crippen molar-refractivity contribution in [3.8, 4) is 0 Å². The molecule has 1 aliphatic heterocycles. The molecule has 0 radical (unpaired) electrons. The lowest BCUT2D eigenvalue weighted by atomic mass is 10.1. The summed E-state index contributed by atoms with van der Waals surface area (Å²) in [4.78, 5) is 4.54. The van der Waals surface area contributed by atoms with E-state index in [-0.39, 0.29) is 12.1 Å². The fourth-order valence-corrected chi connectivity index (χ4v) is 5.04. The van der Waals surface area contributed by atoms with E-state index >= 15 is 0 Å². The highest BCUT2D eigenvalue weighted by Gasteiger charge is 2.34. The van der Waals surface area contributed by atoms with Crippen molar-refractivity contribution in [3.05, 3.63) is 36.2 Å². The Morgan fingerprint density at radius 1 is 1.27 bits per heavy atom. The number of rotatable bonds is 2. The average Bonchev–Trinajstić information content (AvgIpc) is 2.49. The number of aromatic nitrogens is 1. The van der Waals surface area contributed by atoms with Gasteiger partial charge in [0.25, 0.3) is 0 Å². The van der Waals surface area contributed by atoms with Gasteiger partial charge in [-0.3, -0.25) is 4.98 Å². The molecule has 0 spiro atoms. The number of fused-ring (bicyclic) bond motifs is 1. The van der Waals surface area contributed by atoms with Gasteiger partial charge in [-0.25, -0.2) is 8.42 Å².